The van der Waals surface area contributed by atoms with Crippen LogP contribution in [0.15, 0.2) is 0 Å². The molecule has 0 amide bonds. The maximum absolute atomic E-state index is 13.1. The van der Waals surface area contributed by atoms with Gasteiger partial charge in [0.2, 0.25) is 0 Å². The fourth-order valence-corrected chi connectivity index (χ4v) is 3.08. The minimum Gasteiger partial charge on any atom is -0.378 e. The molecule has 2 rings (SSSR count). The van der Waals surface area contributed by atoms with Crippen LogP contribution in [0.3, 0.4) is 0 Å². The number of hydrogen-bond donors (Lipinski definition) is 0. The lowest BCUT2D eigenvalue weighted by Gasteiger charge is -2.26. The van der Waals surface area contributed by atoms with Crippen molar-refractivity contribution in [3.63, 3.8) is 0 Å². The zero-order chi connectivity index (χ0) is 13.6. The van der Waals surface area contributed by atoms with Gasteiger partial charge in [-0.05, 0) is 50.4 Å². The molecule has 18 heavy (non-hydrogen) atoms. The molecule has 4 heteroatoms. The molecule has 2 aliphatic rings. The highest BCUT2D eigenvalue weighted by atomic mass is 19.4. The molecule has 3 unspecified atom stereocenters. The summed E-state index contributed by atoms with van der Waals surface area (Å²) in [6.07, 6.45) is -0.848. The van der Waals surface area contributed by atoms with Gasteiger partial charge in [0.1, 0.15) is 0 Å². The van der Waals surface area contributed by atoms with Crippen molar-refractivity contribution < 1.29 is 17.9 Å². The second kappa shape index (κ2) is 4.69. The van der Waals surface area contributed by atoms with Crippen LogP contribution >= 0.6 is 0 Å². The number of ether oxygens (including phenoxy) is 1. The Balaban J connectivity index is 1.83. The van der Waals surface area contributed by atoms with E-state index >= 15 is 0 Å². The maximum Gasteiger partial charge on any atom is 0.395 e. The van der Waals surface area contributed by atoms with Gasteiger partial charge in [0, 0.05) is 6.61 Å². The van der Waals surface area contributed by atoms with Gasteiger partial charge in [0.15, 0.2) is 0 Å². The fourth-order valence-electron chi connectivity index (χ4n) is 3.08. The molecule has 0 N–H and O–H groups in total. The van der Waals surface area contributed by atoms with E-state index in [-0.39, 0.29) is 24.4 Å². The predicted octanol–water partition coefficient (Wildman–Crippen LogP) is 4.42. The van der Waals surface area contributed by atoms with Gasteiger partial charge >= 0.3 is 6.18 Å². The first-order valence-electron chi connectivity index (χ1n) is 6.95. The van der Waals surface area contributed by atoms with Crippen LogP contribution < -0.4 is 0 Å². The first kappa shape index (κ1) is 14.2. The van der Waals surface area contributed by atoms with Crippen LogP contribution in [0.25, 0.3) is 0 Å². The summed E-state index contributed by atoms with van der Waals surface area (Å²) in [6, 6.07) is 0. The molecule has 0 saturated heterocycles. The Hall–Kier alpha value is -0.250. The molecule has 0 aromatic carbocycles. The van der Waals surface area contributed by atoms with Crippen LogP contribution in [0.1, 0.15) is 46.5 Å². The van der Waals surface area contributed by atoms with E-state index in [1.54, 1.807) is 13.8 Å². The summed E-state index contributed by atoms with van der Waals surface area (Å²) in [4.78, 5) is 0. The van der Waals surface area contributed by atoms with E-state index in [4.69, 9.17) is 4.74 Å². The topological polar surface area (TPSA) is 9.23 Å². The molecule has 0 spiro atoms. The Labute approximate surface area is 107 Å². The molecular formula is C14H23F3O. The van der Waals surface area contributed by atoms with E-state index in [0.29, 0.717) is 12.3 Å². The van der Waals surface area contributed by atoms with Gasteiger partial charge in [-0.15, -0.1) is 0 Å². The van der Waals surface area contributed by atoms with Crippen LogP contribution in [0.2, 0.25) is 0 Å². The molecule has 0 aromatic heterocycles. The van der Waals surface area contributed by atoms with E-state index in [0.717, 1.165) is 6.61 Å². The summed E-state index contributed by atoms with van der Waals surface area (Å²) in [5.74, 6) is 0.0916. The molecule has 1 nitrogen and oxygen atoms in total. The second-order valence-electron chi connectivity index (χ2n) is 6.42. The van der Waals surface area contributed by atoms with E-state index in [1.807, 2.05) is 6.92 Å². The highest BCUT2D eigenvalue weighted by Gasteiger charge is 2.71. The van der Waals surface area contributed by atoms with Crippen molar-refractivity contribution in [1.29, 1.82) is 0 Å². The standard InChI is InChI=1S/C14H23F3O/c1-9(2)13(14(15,16)17)7-12(13)6-10(3)18-8-11-4-5-11/h9-12H,4-8H2,1-3H3. The first-order valence-corrected chi connectivity index (χ1v) is 6.95. The molecule has 2 aliphatic carbocycles. The third-order valence-corrected chi connectivity index (χ3v) is 4.64. The Kier molecular flexibility index (Phi) is 3.69. The van der Waals surface area contributed by atoms with Crippen molar-refractivity contribution in [2.24, 2.45) is 23.2 Å². The summed E-state index contributed by atoms with van der Waals surface area (Å²) in [7, 11) is 0. The number of alkyl halides is 3. The third kappa shape index (κ3) is 2.68. The Morgan fingerprint density at radius 2 is 1.83 bits per heavy atom. The zero-order valence-electron chi connectivity index (χ0n) is 11.4. The normalized spacial score (nSPS) is 33.8. The van der Waals surface area contributed by atoms with Crippen molar-refractivity contribution in [2.75, 3.05) is 6.61 Å². The Morgan fingerprint density at radius 3 is 2.22 bits per heavy atom. The molecule has 0 aromatic rings. The summed E-state index contributed by atoms with van der Waals surface area (Å²) >= 11 is 0. The molecule has 2 saturated carbocycles. The molecule has 0 radical (unpaired) electrons. The number of halogens is 3. The van der Waals surface area contributed by atoms with Gasteiger partial charge in [-0.2, -0.15) is 13.2 Å². The van der Waals surface area contributed by atoms with Gasteiger partial charge in [0.25, 0.3) is 0 Å². The van der Waals surface area contributed by atoms with Crippen molar-refractivity contribution in [2.45, 2.75) is 58.7 Å². The largest absolute Gasteiger partial charge is 0.395 e. The minimum absolute atomic E-state index is 0.0430. The maximum atomic E-state index is 13.1. The first-order chi connectivity index (χ1) is 8.27. The SMILES string of the molecule is CC(CC1CC1(C(C)C)C(F)(F)F)OCC1CC1. The molecular weight excluding hydrogens is 241 g/mol. The minimum atomic E-state index is -4.07. The monoisotopic (exact) mass is 264 g/mol. The number of rotatable bonds is 6. The van der Waals surface area contributed by atoms with Gasteiger partial charge in [-0.1, -0.05) is 13.8 Å². The Morgan fingerprint density at radius 1 is 1.22 bits per heavy atom. The summed E-state index contributed by atoms with van der Waals surface area (Å²) in [5.41, 5.74) is -1.44. The molecule has 0 heterocycles. The lowest BCUT2D eigenvalue weighted by Crippen LogP contribution is -2.32. The van der Waals surface area contributed by atoms with Crippen LogP contribution in [-0.2, 0) is 4.74 Å². The average molecular weight is 264 g/mol. The van der Waals surface area contributed by atoms with Crippen LogP contribution in [0, 0.1) is 23.2 Å². The molecule has 0 bridgehead atoms. The van der Waals surface area contributed by atoms with Gasteiger partial charge in [0.05, 0.1) is 11.5 Å². The fraction of sp³-hybridized carbons (Fsp3) is 1.00. The Bertz CT molecular complexity index is 296. The smallest absolute Gasteiger partial charge is 0.378 e. The van der Waals surface area contributed by atoms with Crippen LogP contribution in [0.5, 0.6) is 0 Å². The van der Waals surface area contributed by atoms with E-state index in [9.17, 15) is 13.2 Å². The van der Waals surface area contributed by atoms with E-state index in [1.165, 1.54) is 12.8 Å². The van der Waals surface area contributed by atoms with Gasteiger partial charge < -0.3 is 4.74 Å². The van der Waals surface area contributed by atoms with Gasteiger partial charge in [-0.25, -0.2) is 0 Å². The van der Waals surface area contributed by atoms with E-state index < -0.39 is 11.6 Å². The summed E-state index contributed by atoms with van der Waals surface area (Å²) in [5, 5.41) is 0. The van der Waals surface area contributed by atoms with Crippen LogP contribution in [0.4, 0.5) is 13.2 Å². The average Bonchev–Trinajstić information content (AvgIpc) is 3.08. The molecule has 2 fully saturated rings. The molecule has 0 aliphatic heterocycles. The van der Waals surface area contributed by atoms with Gasteiger partial charge in [-0.3, -0.25) is 0 Å². The molecule has 106 valence electrons. The summed E-state index contributed by atoms with van der Waals surface area (Å²) < 4.78 is 45.0. The lowest BCUT2D eigenvalue weighted by molar-refractivity contribution is -0.205. The highest BCUT2D eigenvalue weighted by molar-refractivity contribution is 5.09. The van der Waals surface area contributed by atoms with Crippen LogP contribution in [-0.4, -0.2) is 18.9 Å². The zero-order valence-corrected chi connectivity index (χ0v) is 11.4. The summed E-state index contributed by atoms with van der Waals surface area (Å²) in [6.45, 7) is 6.00. The third-order valence-electron chi connectivity index (χ3n) is 4.64. The molecule has 3 atom stereocenters. The highest BCUT2D eigenvalue weighted by Crippen LogP contribution is 2.68. The lowest BCUT2D eigenvalue weighted by atomic mass is 9.87. The van der Waals surface area contributed by atoms with Crippen molar-refractivity contribution in [3.8, 4) is 0 Å². The quantitative estimate of drug-likeness (QED) is 0.690. The van der Waals surface area contributed by atoms with Crippen molar-refractivity contribution in [3.05, 3.63) is 0 Å². The van der Waals surface area contributed by atoms with Crippen molar-refractivity contribution >= 4 is 0 Å². The predicted molar refractivity (Wildman–Crippen MR) is 64.2 cm³/mol. The van der Waals surface area contributed by atoms with Crippen molar-refractivity contribution in [1.82, 2.24) is 0 Å². The van der Waals surface area contributed by atoms with E-state index in [2.05, 4.69) is 0 Å². The number of hydrogen-bond acceptors (Lipinski definition) is 1. The second-order valence-corrected chi connectivity index (χ2v) is 6.42.